The summed E-state index contributed by atoms with van der Waals surface area (Å²) in [6, 6.07) is 0. The van der Waals surface area contributed by atoms with E-state index in [1.807, 2.05) is 0 Å². The quantitative estimate of drug-likeness (QED) is 0.729. The van der Waals surface area contributed by atoms with E-state index in [9.17, 15) is 0 Å². The molecule has 15 heavy (non-hydrogen) atoms. The fourth-order valence-corrected chi connectivity index (χ4v) is 1.73. The molecule has 90 valence electrons. The fraction of sp³-hybridized carbons (Fsp3) is 1.00. The van der Waals surface area contributed by atoms with E-state index < -0.39 is 0 Å². The molecule has 0 bridgehead atoms. The maximum absolute atomic E-state index is 6.29. The van der Waals surface area contributed by atoms with Crippen LogP contribution in [0.1, 0.15) is 40.0 Å². The SMILES string of the molecule is CCC(C)(C)CNCC1(N)CCOCC1. The number of hydrogen-bond donors (Lipinski definition) is 2. The third-order valence-electron chi connectivity index (χ3n) is 3.53. The summed E-state index contributed by atoms with van der Waals surface area (Å²) in [5.41, 5.74) is 6.62. The number of nitrogens with one attached hydrogen (secondary N) is 1. The van der Waals surface area contributed by atoms with Crippen LogP contribution in [0.15, 0.2) is 0 Å². The fourth-order valence-electron chi connectivity index (χ4n) is 1.73. The Kier molecular flexibility index (Phi) is 4.56. The lowest BCUT2D eigenvalue weighted by molar-refractivity contribution is 0.0523. The number of rotatable bonds is 5. The molecule has 0 saturated carbocycles. The second-order valence-corrected chi connectivity index (χ2v) is 5.60. The summed E-state index contributed by atoms with van der Waals surface area (Å²) in [6.07, 6.45) is 3.15. The second-order valence-electron chi connectivity index (χ2n) is 5.60. The molecule has 1 aliphatic heterocycles. The van der Waals surface area contributed by atoms with Crippen molar-refractivity contribution in [1.29, 1.82) is 0 Å². The van der Waals surface area contributed by atoms with E-state index in [0.29, 0.717) is 5.41 Å². The molecule has 0 amide bonds. The van der Waals surface area contributed by atoms with Crippen molar-refractivity contribution in [2.75, 3.05) is 26.3 Å². The molecule has 0 unspecified atom stereocenters. The Morgan fingerprint density at radius 1 is 1.33 bits per heavy atom. The van der Waals surface area contributed by atoms with Crippen LogP contribution in [-0.4, -0.2) is 31.8 Å². The Morgan fingerprint density at radius 3 is 2.47 bits per heavy atom. The van der Waals surface area contributed by atoms with Crippen molar-refractivity contribution in [2.24, 2.45) is 11.1 Å². The van der Waals surface area contributed by atoms with E-state index in [1.54, 1.807) is 0 Å². The molecule has 3 N–H and O–H groups in total. The van der Waals surface area contributed by atoms with Gasteiger partial charge in [-0.25, -0.2) is 0 Å². The van der Waals surface area contributed by atoms with E-state index in [-0.39, 0.29) is 5.54 Å². The van der Waals surface area contributed by atoms with E-state index in [1.165, 1.54) is 6.42 Å². The first kappa shape index (κ1) is 12.9. The van der Waals surface area contributed by atoms with E-state index in [4.69, 9.17) is 10.5 Å². The van der Waals surface area contributed by atoms with Crippen LogP contribution in [0.4, 0.5) is 0 Å². The lowest BCUT2D eigenvalue weighted by Gasteiger charge is -2.35. The van der Waals surface area contributed by atoms with Gasteiger partial charge in [0.05, 0.1) is 0 Å². The molecule has 0 aromatic carbocycles. The van der Waals surface area contributed by atoms with Crippen LogP contribution in [0.5, 0.6) is 0 Å². The van der Waals surface area contributed by atoms with Gasteiger partial charge in [0.15, 0.2) is 0 Å². The van der Waals surface area contributed by atoms with Crippen molar-refractivity contribution < 1.29 is 4.74 Å². The molecule has 1 rings (SSSR count). The Hall–Kier alpha value is -0.120. The standard InChI is InChI=1S/C12H26N2O/c1-4-11(2,3)9-14-10-12(13)5-7-15-8-6-12/h14H,4-10,13H2,1-3H3. The zero-order valence-corrected chi connectivity index (χ0v) is 10.4. The topological polar surface area (TPSA) is 47.3 Å². The van der Waals surface area contributed by atoms with Crippen molar-refractivity contribution in [3.8, 4) is 0 Å². The lowest BCUT2D eigenvalue weighted by Crippen LogP contribution is -2.53. The van der Waals surface area contributed by atoms with Gasteiger partial charge in [-0.1, -0.05) is 20.8 Å². The van der Waals surface area contributed by atoms with Gasteiger partial charge in [0, 0.05) is 31.8 Å². The molecular weight excluding hydrogens is 188 g/mol. The lowest BCUT2D eigenvalue weighted by atomic mass is 9.88. The molecular formula is C12H26N2O. The van der Waals surface area contributed by atoms with Gasteiger partial charge >= 0.3 is 0 Å². The van der Waals surface area contributed by atoms with Crippen molar-refractivity contribution in [2.45, 2.75) is 45.6 Å². The molecule has 0 aliphatic carbocycles. The third kappa shape index (κ3) is 4.49. The Labute approximate surface area is 93.8 Å². The van der Waals surface area contributed by atoms with E-state index >= 15 is 0 Å². The van der Waals surface area contributed by atoms with Gasteiger partial charge in [0.25, 0.3) is 0 Å². The minimum absolute atomic E-state index is 0.0396. The van der Waals surface area contributed by atoms with E-state index in [0.717, 1.165) is 39.1 Å². The Bertz CT molecular complexity index is 186. The highest BCUT2D eigenvalue weighted by atomic mass is 16.5. The Morgan fingerprint density at radius 2 is 1.93 bits per heavy atom. The van der Waals surface area contributed by atoms with Gasteiger partial charge in [-0.2, -0.15) is 0 Å². The van der Waals surface area contributed by atoms with Crippen LogP contribution < -0.4 is 11.1 Å². The van der Waals surface area contributed by atoms with Crippen molar-refractivity contribution in [1.82, 2.24) is 5.32 Å². The van der Waals surface area contributed by atoms with Crippen molar-refractivity contribution >= 4 is 0 Å². The smallest absolute Gasteiger partial charge is 0.0484 e. The zero-order valence-electron chi connectivity index (χ0n) is 10.4. The van der Waals surface area contributed by atoms with Crippen LogP contribution in [0, 0.1) is 5.41 Å². The molecule has 0 spiro atoms. The molecule has 1 aliphatic rings. The van der Waals surface area contributed by atoms with E-state index in [2.05, 4.69) is 26.1 Å². The first-order valence-electron chi connectivity index (χ1n) is 6.05. The summed E-state index contributed by atoms with van der Waals surface area (Å²) < 4.78 is 5.33. The van der Waals surface area contributed by atoms with Crippen LogP contribution in [-0.2, 0) is 4.74 Å². The average molecular weight is 214 g/mol. The maximum atomic E-state index is 6.29. The van der Waals surface area contributed by atoms with Crippen LogP contribution in [0.2, 0.25) is 0 Å². The average Bonchev–Trinajstić information content (AvgIpc) is 2.18. The highest BCUT2D eigenvalue weighted by Gasteiger charge is 2.28. The summed E-state index contributed by atoms with van der Waals surface area (Å²) in [5.74, 6) is 0. The van der Waals surface area contributed by atoms with Gasteiger partial charge in [-0.3, -0.25) is 0 Å². The predicted octanol–water partition coefficient (Wildman–Crippen LogP) is 1.52. The van der Waals surface area contributed by atoms with Gasteiger partial charge in [0.1, 0.15) is 0 Å². The molecule has 1 fully saturated rings. The third-order valence-corrected chi connectivity index (χ3v) is 3.53. The number of hydrogen-bond acceptors (Lipinski definition) is 3. The molecule has 0 radical (unpaired) electrons. The van der Waals surface area contributed by atoms with Crippen LogP contribution in [0.25, 0.3) is 0 Å². The summed E-state index contributed by atoms with van der Waals surface area (Å²) in [7, 11) is 0. The highest BCUT2D eigenvalue weighted by Crippen LogP contribution is 2.20. The summed E-state index contributed by atoms with van der Waals surface area (Å²) >= 11 is 0. The highest BCUT2D eigenvalue weighted by molar-refractivity contribution is 4.89. The zero-order chi connectivity index (χ0) is 11.4. The van der Waals surface area contributed by atoms with Gasteiger partial charge in [-0.15, -0.1) is 0 Å². The molecule has 3 nitrogen and oxygen atoms in total. The molecule has 0 aromatic rings. The minimum atomic E-state index is -0.0396. The normalized spacial score (nSPS) is 21.6. The molecule has 1 saturated heterocycles. The summed E-state index contributed by atoms with van der Waals surface area (Å²) in [5, 5.41) is 3.51. The maximum Gasteiger partial charge on any atom is 0.0484 e. The largest absolute Gasteiger partial charge is 0.381 e. The number of ether oxygens (including phenoxy) is 1. The van der Waals surface area contributed by atoms with Gasteiger partial charge in [-0.05, 0) is 24.7 Å². The molecule has 0 atom stereocenters. The molecule has 3 heteroatoms. The van der Waals surface area contributed by atoms with Gasteiger partial charge in [0.2, 0.25) is 0 Å². The van der Waals surface area contributed by atoms with Crippen molar-refractivity contribution in [3.63, 3.8) is 0 Å². The predicted molar refractivity (Wildman–Crippen MR) is 63.9 cm³/mol. The summed E-state index contributed by atoms with van der Waals surface area (Å²) in [4.78, 5) is 0. The second kappa shape index (κ2) is 5.28. The molecule has 1 heterocycles. The molecule has 0 aromatic heterocycles. The van der Waals surface area contributed by atoms with Crippen LogP contribution >= 0.6 is 0 Å². The monoisotopic (exact) mass is 214 g/mol. The first-order chi connectivity index (χ1) is 6.97. The van der Waals surface area contributed by atoms with Crippen LogP contribution in [0.3, 0.4) is 0 Å². The first-order valence-corrected chi connectivity index (χ1v) is 6.05. The minimum Gasteiger partial charge on any atom is -0.381 e. The van der Waals surface area contributed by atoms with Gasteiger partial charge < -0.3 is 15.8 Å². The number of nitrogens with two attached hydrogens (primary N) is 1. The van der Waals surface area contributed by atoms with Crippen molar-refractivity contribution in [3.05, 3.63) is 0 Å². The Balaban J connectivity index is 2.24. The summed E-state index contributed by atoms with van der Waals surface area (Å²) in [6.45, 7) is 10.4.